The van der Waals surface area contributed by atoms with Crippen LogP contribution in [0.2, 0.25) is 5.02 Å². The summed E-state index contributed by atoms with van der Waals surface area (Å²) in [6.45, 7) is 4.23. The molecule has 0 saturated carbocycles. The summed E-state index contributed by atoms with van der Waals surface area (Å²) in [6, 6.07) is 4.41. The molecule has 2 fully saturated rings. The van der Waals surface area contributed by atoms with E-state index in [2.05, 4.69) is 10.2 Å². The van der Waals surface area contributed by atoms with Gasteiger partial charge in [-0.15, -0.1) is 0 Å². The van der Waals surface area contributed by atoms with Crippen molar-refractivity contribution in [3.63, 3.8) is 0 Å². The molecule has 2 saturated heterocycles. The summed E-state index contributed by atoms with van der Waals surface area (Å²) in [6.07, 6.45) is 1.29. The lowest BCUT2D eigenvalue weighted by Gasteiger charge is -2.20. The summed E-state index contributed by atoms with van der Waals surface area (Å²) in [5.74, 6) is 2.33. The van der Waals surface area contributed by atoms with Gasteiger partial charge in [0, 0.05) is 37.3 Å². The Kier molecular flexibility index (Phi) is 4.06. The van der Waals surface area contributed by atoms with E-state index >= 15 is 0 Å². The number of halogens is 1. The van der Waals surface area contributed by atoms with Crippen molar-refractivity contribution in [2.24, 2.45) is 5.92 Å². The smallest absolute Gasteiger partial charge is 0.128 e. The lowest BCUT2D eigenvalue weighted by molar-refractivity contribution is 0.299. The predicted molar refractivity (Wildman–Crippen MR) is 79.7 cm³/mol. The van der Waals surface area contributed by atoms with Gasteiger partial charge in [0.1, 0.15) is 11.5 Å². The minimum absolute atomic E-state index is 0.651. The van der Waals surface area contributed by atoms with E-state index < -0.39 is 0 Å². The van der Waals surface area contributed by atoms with Crippen LogP contribution in [0.1, 0.15) is 12.0 Å². The maximum Gasteiger partial charge on any atom is 0.128 e. The third-order valence-corrected chi connectivity index (χ3v) is 4.74. The standard InChI is InChI=1S/C15H21ClN2O2/c1-19-11-5-13(16)12(15(6-11)20-2)8-18-7-10-3-4-17-14(10)9-18/h5-6,10,14,17H,3-4,7-9H2,1-2H3/t10-,14+/m0/s1. The van der Waals surface area contributed by atoms with Gasteiger partial charge in [0.05, 0.1) is 19.2 Å². The molecule has 0 aromatic heterocycles. The van der Waals surface area contributed by atoms with Crippen LogP contribution in [0.5, 0.6) is 11.5 Å². The van der Waals surface area contributed by atoms with E-state index in [1.165, 1.54) is 6.42 Å². The highest BCUT2D eigenvalue weighted by atomic mass is 35.5. The van der Waals surface area contributed by atoms with Gasteiger partial charge in [-0.1, -0.05) is 11.6 Å². The van der Waals surface area contributed by atoms with Crippen LogP contribution in [0.3, 0.4) is 0 Å². The Labute approximate surface area is 125 Å². The normalized spacial score (nSPS) is 25.8. The number of nitrogens with zero attached hydrogens (tertiary/aromatic N) is 1. The summed E-state index contributed by atoms with van der Waals surface area (Å²) in [7, 11) is 3.31. The number of rotatable bonds is 4. The van der Waals surface area contributed by atoms with Crippen molar-refractivity contribution in [3.05, 3.63) is 22.7 Å². The first-order chi connectivity index (χ1) is 9.71. The molecule has 0 amide bonds. The van der Waals surface area contributed by atoms with Gasteiger partial charge in [-0.2, -0.15) is 0 Å². The number of ether oxygens (including phenoxy) is 2. The Morgan fingerprint density at radius 2 is 2.15 bits per heavy atom. The van der Waals surface area contributed by atoms with Gasteiger partial charge in [-0.3, -0.25) is 4.90 Å². The predicted octanol–water partition coefficient (Wildman–Crippen LogP) is 2.15. The second-order valence-corrected chi connectivity index (χ2v) is 6.00. The fraction of sp³-hybridized carbons (Fsp3) is 0.600. The van der Waals surface area contributed by atoms with Crippen molar-refractivity contribution in [1.29, 1.82) is 0 Å². The first kappa shape index (κ1) is 14.0. The van der Waals surface area contributed by atoms with Crippen LogP contribution in [0.25, 0.3) is 0 Å². The molecule has 1 aromatic rings. The number of benzene rings is 1. The Morgan fingerprint density at radius 3 is 2.85 bits per heavy atom. The highest BCUT2D eigenvalue weighted by molar-refractivity contribution is 6.31. The van der Waals surface area contributed by atoms with E-state index in [-0.39, 0.29) is 0 Å². The van der Waals surface area contributed by atoms with Crippen molar-refractivity contribution in [3.8, 4) is 11.5 Å². The molecule has 5 heteroatoms. The third-order valence-electron chi connectivity index (χ3n) is 4.40. The molecule has 3 rings (SSSR count). The molecule has 110 valence electrons. The molecule has 2 atom stereocenters. The minimum atomic E-state index is 0.651. The van der Waals surface area contributed by atoms with Gasteiger partial charge in [-0.05, 0) is 24.9 Å². The highest BCUT2D eigenvalue weighted by Gasteiger charge is 2.36. The van der Waals surface area contributed by atoms with Gasteiger partial charge < -0.3 is 14.8 Å². The Balaban J connectivity index is 1.77. The Hall–Kier alpha value is -0.970. The van der Waals surface area contributed by atoms with Crippen molar-refractivity contribution in [2.45, 2.75) is 19.0 Å². The first-order valence-electron chi connectivity index (χ1n) is 7.07. The largest absolute Gasteiger partial charge is 0.497 e. The molecule has 2 aliphatic heterocycles. The molecule has 1 aromatic carbocycles. The molecular formula is C15H21ClN2O2. The molecular weight excluding hydrogens is 276 g/mol. The van der Waals surface area contributed by atoms with Crippen LogP contribution in [-0.2, 0) is 6.54 Å². The zero-order valence-corrected chi connectivity index (χ0v) is 12.7. The fourth-order valence-corrected chi connectivity index (χ4v) is 3.59. The van der Waals surface area contributed by atoms with Gasteiger partial charge >= 0.3 is 0 Å². The molecule has 20 heavy (non-hydrogen) atoms. The van der Waals surface area contributed by atoms with Gasteiger partial charge in [0.25, 0.3) is 0 Å². The van der Waals surface area contributed by atoms with E-state index in [1.807, 2.05) is 12.1 Å². The van der Waals surface area contributed by atoms with Crippen molar-refractivity contribution in [1.82, 2.24) is 10.2 Å². The maximum atomic E-state index is 6.39. The number of likely N-dealkylation sites (tertiary alicyclic amines) is 1. The Bertz CT molecular complexity index is 483. The summed E-state index contributed by atoms with van der Waals surface area (Å²) in [5, 5.41) is 4.28. The van der Waals surface area contributed by atoms with Crippen LogP contribution in [-0.4, -0.2) is 44.8 Å². The topological polar surface area (TPSA) is 33.7 Å². The van der Waals surface area contributed by atoms with Crippen LogP contribution >= 0.6 is 11.6 Å². The second kappa shape index (κ2) is 5.80. The maximum absolute atomic E-state index is 6.39. The zero-order chi connectivity index (χ0) is 14.1. The van der Waals surface area contributed by atoms with Crippen molar-refractivity contribution >= 4 is 11.6 Å². The number of fused-ring (bicyclic) bond motifs is 1. The van der Waals surface area contributed by atoms with Gasteiger partial charge in [0.15, 0.2) is 0 Å². The minimum Gasteiger partial charge on any atom is -0.497 e. The summed E-state index contributed by atoms with van der Waals surface area (Å²) in [5.41, 5.74) is 1.05. The monoisotopic (exact) mass is 296 g/mol. The highest BCUT2D eigenvalue weighted by Crippen LogP contribution is 2.35. The molecule has 0 spiro atoms. The average Bonchev–Trinajstić information content (AvgIpc) is 3.01. The SMILES string of the molecule is COc1cc(Cl)c(CN2C[C@@H]3CCN[C@@H]3C2)c(OC)c1. The summed E-state index contributed by atoms with van der Waals surface area (Å²) >= 11 is 6.39. The van der Waals surface area contributed by atoms with E-state index in [1.54, 1.807) is 14.2 Å². The first-order valence-corrected chi connectivity index (χ1v) is 7.45. The number of nitrogens with one attached hydrogen (secondary N) is 1. The summed E-state index contributed by atoms with van der Waals surface area (Å²) < 4.78 is 10.7. The number of hydrogen-bond acceptors (Lipinski definition) is 4. The number of methoxy groups -OCH3 is 2. The average molecular weight is 297 g/mol. The lowest BCUT2D eigenvalue weighted by Crippen LogP contribution is -2.30. The number of hydrogen-bond donors (Lipinski definition) is 1. The summed E-state index contributed by atoms with van der Waals surface area (Å²) in [4.78, 5) is 2.46. The van der Waals surface area contributed by atoms with E-state index in [4.69, 9.17) is 21.1 Å². The van der Waals surface area contributed by atoms with Crippen molar-refractivity contribution < 1.29 is 9.47 Å². The van der Waals surface area contributed by atoms with E-state index in [0.717, 1.165) is 49.2 Å². The van der Waals surface area contributed by atoms with Crippen LogP contribution in [0, 0.1) is 5.92 Å². The Morgan fingerprint density at radius 1 is 1.30 bits per heavy atom. The van der Waals surface area contributed by atoms with Gasteiger partial charge in [-0.25, -0.2) is 0 Å². The van der Waals surface area contributed by atoms with Crippen LogP contribution in [0.4, 0.5) is 0 Å². The third kappa shape index (κ3) is 2.60. The molecule has 1 N–H and O–H groups in total. The second-order valence-electron chi connectivity index (χ2n) is 5.59. The van der Waals surface area contributed by atoms with Crippen LogP contribution in [0.15, 0.2) is 12.1 Å². The molecule has 2 heterocycles. The fourth-order valence-electron chi connectivity index (χ4n) is 3.33. The van der Waals surface area contributed by atoms with Crippen LogP contribution < -0.4 is 14.8 Å². The van der Waals surface area contributed by atoms with E-state index in [0.29, 0.717) is 11.1 Å². The molecule has 0 aliphatic carbocycles. The van der Waals surface area contributed by atoms with Crippen molar-refractivity contribution in [2.75, 3.05) is 33.9 Å². The van der Waals surface area contributed by atoms with Gasteiger partial charge in [0.2, 0.25) is 0 Å². The zero-order valence-electron chi connectivity index (χ0n) is 12.0. The molecule has 0 bridgehead atoms. The van der Waals surface area contributed by atoms with E-state index in [9.17, 15) is 0 Å². The molecule has 2 aliphatic rings. The molecule has 4 nitrogen and oxygen atoms in total. The molecule has 0 unspecified atom stereocenters. The lowest BCUT2D eigenvalue weighted by atomic mass is 10.1. The quantitative estimate of drug-likeness (QED) is 0.923. The molecule has 0 radical (unpaired) electrons.